The molecule has 140 valence electrons. The summed E-state index contributed by atoms with van der Waals surface area (Å²) in [6, 6.07) is 9.49. The molecular weight excluding hydrogens is 342 g/mol. The Hall–Kier alpha value is -3.00. The monoisotopic (exact) mass is 365 g/mol. The molecule has 0 saturated carbocycles. The number of hydrogen-bond donors (Lipinski definition) is 2. The number of aromatic amines is 1. The van der Waals surface area contributed by atoms with E-state index in [1.54, 1.807) is 12.4 Å². The van der Waals surface area contributed by atoms with Crippen molar-refractivity contribution in [3.8, 4) is 0 Å². The Kier molecular flexibility index (Phi) is 5.24. The number of amides is 1. The van der Waals surface area contributed by atoms with Crippen LogP contribution < -0.4 is 10.2 Å². The lowest BCUT2D eigenvalue weighted by Gasteiger charge is -2.34. The van der Waals surface area contributed by atoms with Gasteiger partial charge in [-0.2, -0.15) is 5.10 Å². The number of piperazine rings is 1. The Balaban J connectivity index is 1.19. The summed E-state index contributed by atoms with van der Waals surface area (Å²) in [6.45, 7) is 5.42. The van der Waals surface area contributed by atoms with Gasteiger partial charge in [0.1, 0.15) is 0 Å². The number of para-hydroxylation sites is 1. The molecule has 2 aromatic heterocycles. The summed E-state index contributed by atoms with van der Waals surface area (Å²) in [5, 5.41) is 10.9. The first-order chi connectivity index (χ1) is 13.3. The number of rotatable bonds is 6. The lowest BCUT2D eigenvalue weighted by Crippen LogP contribution is -2.47. The number of nitrogens with zero attached hydrogens (tertiary/aromatic N) is 5. The Morgan fingerprint density at radius 2 is 1.85 bits per heavy atom. The second-order valence-electron chi connectivity index (χ2n) is 6.60. The molecule has 0 bridgehead atoms. The van der Waals surface area contributed by atoms with E-state index < -0.39 is 0 Å². The van der Waals surface area contributed by atoms with Crippen LogP contribution >= 0.6 is 0 Å². The SMILES string of the molecule is O=C(NCCCN1CCN(c2ncccn2)CC1)c1n[nH]c2ccccc12. The lowest BCUT2D eigenvalue weighted by atomic mass is 10.2. The predicted molar refractivity (Wildman–Crippen MR) is 104 cm³/mol. The summed E-state index contributed by atoms with van der Waals surface area (Å²) < 4.78 is 0. The van der Waals surface area contributed by atoms with Gasteiger partial charge in [0.05, 0.1) is 5.52 Å². The summed E-state index contributed by atoms with van der Waals surface area (Å²) in [4.78, 5) is 25.6. The molecule has 0 unspecified atom stereocenters. The van der Waals surface area contributed by atoms with E-state index in [1.165, 1.54) is 0 Å². The number of nitrogens with one attached hydrogen (secondary N) is 2. The summed E-state index contributed by atoms with van der Waals surface area (Å²) in [6.07, 6.45) is 4.47. The average Bonchev–Trinajstić information content (AvgIpc) is 3.16. The number of aromatic nitrogens is 4. The van der Waals surface area contributed by atoms with E-state index in [2.05, 4.69) is 35.3 Å². The van der Waals surface area contributed by atoms with Gasteiger partial charge in [-0.15, -0.1) is 0 Å². The molecule has 1 saturated heterocycles. The molecule has 1 amide bonds. The highest BCUT2D eigenvalue weighted by Crippen LogP contribution is 2.14. The number of anilines is 1. The highest BCUT2D eigenvalue weighted by molar-refractivity contribution is 6.04. The van der Waals surface area contributed by atoms with Gasteiger partial charge in [-0.3, -0.25) is 14.8 Å². The average molecular weight is 365 g/mol. The molecule has 8 heteroatoms. The van der Waals surface area contributed by atoms with E-state index in [9.17, 15) is 4.79 Å². The fourth-order valence-corrected chi connectivity index (χ4v) is 3.35. The first-order valence-corrected chi connectivity index (χ1v) is 9.27. The van der Waals surface area contributed by atoms with Gasteiger partial charge in [-0.25, -0.2) is 9.97 Å². The van der Waals surface area contributed by atoms with E-state index >= 15 is 0 Å². The highest BCUT2D eigenvalue weighted by atomic mass is 16.1. The minimum absolute atomic E-state index is 0.126. The fourth-order valence-electron chi connectivity index (χ4n) is 3.35. The zero-order valence-electron chi connectivity index (χ0n) is 15.1. The number of fused-ring (bicyclic) bond motifs is 1. The first kappa shape index (κ1) is 17.4. The minimum Gasteiger partial charge on any atom is -0.351 e. The lowest BCUT2D eigenvalue weighted by molar-refractivity contribution is 0.0948. The maximum absolute atomic E-state index is 12.3. The fraction of sp³-hybridized carbons (Fsp3) is 0.368. The maximum atomic E-state index is 12.3. The Morgan fingerprint density at radius 1 is 1.07 bits per heavy atom. The third kappa shape index (κ3) is 4.06. The topological polar surface area (TPSA) is 90.0 Å². The van der Waals surface area contributed by atoms with Gasteiger partial charge in [-0.1, -0.05) is 18.2 Å². The molecule has 1 aromatic carbocycles. The van der Waals surface area contributed by atoms with Crippen LogP contribution in [-0.4, -0.2) is 70.2 Å². The molecule has 0 atom stereocenters. The smallest absolute Gasteiger partial charge is 0.272 e. The summed E-state index contributed by atoms with van der Waals surface area (Å²) >= 11 is 0. The third-order valence-electron chi connectivity index (χ3n) is 4.83. The van der Waals surface area contributed by atoms with Gasteiger partial charge < -0.3 is 10.2 Å². The number of benzene rings is 1. The number of H-pyrrole nitrogens is 1. The molecule has 3 aromatic rings. The van der Waals surface area contributed by atoms with Crippen molar-refractivity contribution in [2.45, 2.75) is 6.42 Å². The maximum Gasteiger partial charge on any atom is 0.272 e. The molecule has 1 aliphatic heterocycles. The van der Waals surface area contributed by atoms with Crippen LogP contribution in [0.4, 0.5) is 5.95 Å². The molecule has 2 N–H and O–H groups in total. The Morgan fingerprint density at radius 3 is 2.67 bits per heavy atom. The van der Waals surface area contributed by atoms with Gasteiger partial charge in [0.2, 0.25) is 5.95 Å². The highest BCUT2D eigenvalue weighted by Gasteiger charge is 2.18. The van der Waals surface area contributed by atoms with Gasteiger partial charge >= 0.3 is 0 Å². The Labute approximate surface area is 157 Å². The molecule has 4 rings (SSSR count). The van der Waals surface area contributed by atoms with E-state index in [0.717, 1.165) is 56.0 Å². The first-order valence-electron chi connectivity index (χ1n) is 9.27. The Bertz CT molecular complexity index is 887. The second-order valence-corrected chi connectivity index (χ2v) is 6.60. The molecule has 27 heavy (non-hydrogen) atoms. The quantitative estimate of drug-likeness (QED) is 0.640. The molecular formula is C19H23N7O. The van der Waals surface area contributed by atoms with Crippen molar-refractivity contribution >= 4 is 22.8 Å². The van der Waals surface area contributed by atoms with Crippen LogP contribution in [0, 0.1) is 0 Å². The number of carbonyl (C=O) groups is 1. The summed E-state index contributed by atoms with van der Waals surface area (Å²) in [5.74, 6) is 0.675. The number of carbonyl (C=O) groups excluding carboxylic acids is 1. The summed E-state index contributed by atoms with van der Waals surface area (Å²) in [7, 11) is 0. The normalized spacial score (nSPS) is 15.2. The molecule has 0 aliphatic carbocycles. The predicted octanol–water partition coefficient (Wildman–Crippen LogP) is 1.30. The minimum atomic E-state index is -0.126. The molecule has 1 aliphatic rings. The van der Waals surface area contributed by atoms with E-state index in [-0.39, 0.29) is 5.91 Å². The number of hydrogen-bond acceptors (Lipinski definition) is 6. The van der Waals surface area contributed by atoms with Crippen molar-refractivity contribution in [3.63, 3.8) is 0 Å². The molecule has 3 heterocycles. The second kappa shape index (κ2) is 8.13. The zero-order chi connectivity index (χ0) is 18.5. The van der Waals surface area contributed by atoms with Crippen LogP contribution in [0.15, 0.2) is 42.7 Å². The van der Waals surface area contributed by atoms with Crippen molar-refractivity contribution in [1.82, 2.24) is 30.4 Å². The molecule has 1 fully saturated rings. The van der Waals surface area contributed by atoms with Crippen molar-refractivity contribution < 1.29 is 4.79 Å². The van der Waals surface area contributed by atoms with E-state index in [1.807, 2.05) is 30.3 Å². The van der Waals surface area contributed by atoms with Gasteiger partial charge in [0.15, 0.2) is 5.69 Å². The molecule has 8 nitrogen and oxygen atoms in total. The van der Waals surface area contributed by atoms with Crippen LogP contribution in [-0.2, 0) is 0 Å². The van der Waals surface area contributed by atoms with Crippen LogP contribution in [0.2, 0.25) is 0 Å². The van der Waals surface area contributed by atoms with Gasteiger partial charge in [-0.05, 0) is 25.1 Å². The van der Waals surface area contributed by atoms with Gasteiger partial charge in [0.25, 0.3) is 5.91 Å². The van der Waals surface area contributed by atoms with E-state index in [0.29, 0.717) is 12.2 Å². The van der Waals surface area contributed by atoms with Crippen molar-refractivity contribution in [2.24, 2.45) is 0 Å². The third-order valence-corrected chi connectivity index (χ3v) is 4.83. The van der Waals surface area contributed by atoms with E-state index in [4.69, 9.17) is 0 Å². The standard InChI is InChI=1S/C19H23N7O/c27-18(17-15-5-1-2-6-16(15)23-24-17)20-9-4-10-25-11-13-26(14-12-25)19-21-7-3-8-22-19/h1-3,5-8H,4,9-14H2,(H,20,27)(H,23,24). The van der Waals surface area contributed by atoms with Crippen LogP contribution in [0.25, 0.3) is 10.9 Å². The van der Waals surface area contributed by atoms with Crippen LogP contribution in [0.1, 0.15) is 16.9 Å². The van der Waals surface area contributed by atoms with Crippen molar-refractivity contribution in [3.05, 3.63) is 48.4 Å². The largest absolute Gasteiger partial charge is 0.351 e. The van der Waals surface area contributed by atoms with Crippen LogP contribution in [0.3, 0.4) is 0 Å². The van der Waals surface area contributed by atoms with Crippen molar-refractivity contribution in [2.75, 3.05) is 44.2 Å². The zero-order valence-corrected chi connectivity index (χ0v) is 15.1. The molecule has 0 radical (unpaired) electrons. The summed E-state index contributed by atoms with van der Waals surface area (Å²) in [5.41, 5.74) is 1.34. The van der Waals surface area contributed by atoms with Crippen molar-refractivity contribution in [1.29, 1.82) is 0 Å². The van der Waals surface area contributed by atoms with Gasteiger partial charge in [0, 0.05) is 50.5 Å². The van der Waals surface area contributed by atoms with Crippen LogP contribution in [0.5, 0.6) is 0 Å². The molecule has 0 spiro atoms.